The normalized spacial score (nSPS) is 29.9. The highest BCUT2D eigenvalue weighted by Gasteiger charge is 2.34. The number of aliphatic imine (C=N–C) groups is 1. The standard InChI is InChI=1S/C22H37N5S/c1-3-23-22(24-14-17-10-12-27(16-17)19-8-9-19)25-15-18-6-4-11-26(2)21(18)20-7-5-13-28-20/h5,7,13,17-19,21H,3-4,6,8-12,14-16H2,1-2H3,(H2,23,24,25). The zero-order valence-corrected chi connectivity index (χ0v) is 18.4. The lowest BCUT2D eigenvalue weighted by atomic mass is 9.88. The van der Waals surface area contributed by atoms with Crippen molar-refractivity contribution in [2.24, 2.45) is 16.8 Å². The molecule has 3 unspecified atom stereocenters. The van der Waals surface area contributed by atoms with Crippen molar-refractivity contribution in [1.29, 1.82) is 0 Å². The molecule has 4 rings (SSSR count). The van der Waals surface area contributed by atoms with Crippen LogP contribution in [0.4, 0.5) is 0 Å². The number of hydrogen-bond donors (Lipinski definition) is 2. The Morgan fingerprint density at radius 1 is 1.21 bits per heavy atom. The van der Waals surface area contributed by atoms with Gasteiger partial charge >= 0.3 is 0 Å². The van der Waals surface area contributed by atoms with Crippen molar-refractivity contribution in [3.8, 4) is 0 Å². The van der Waals surface area contributed by atoms with Crippen LogP contribution in [-0.4, -0.2) is 68.1 Å². The zero-order valence-electron chi connectivity index (χ0n) is 17.6. The maximum Gasteiger partial charge on any atom is 0.191 e. The maximum absolute atomic E-state index is 4.96. The Morgan fingerprint density at radius 3 is 2.86 bits per heavy atom. The average Bonchev–Trinajstić information content (AvgIpc) is 3.20. The summed E-state index contributed by atoms with van der Waals surface area (Å²) in [7, 11) is 2.28. The van der Waals surface area contributed by atoms with Crippen LogP contribution in [0.25, 0.3) is 0 Å². The number of rotatable bonds is 7. The van der Waals surface area contributed by atoms with Gasteiger partial charge in [-0.25, -0.2) is 0 Å². The Morgan fingerprint density at radius 2 is 2.11 bits per heavy atom. The van der Waals surface area contributed by atoms with Gasteiger partial charge in [-0.2, -0.15) is 0 Å². The molecule has 3 heterocycles. The molecule has 2 aliphatic heterocycles. The maximum atomic E-state index is 4.96. The minimum atomic E-state index is 0.533. The van der Waals surface area contributed by atoms with Gasteiger partial charge in [0.05, 0.1) is 0 Å². The SMILES string of the molecule is CCNC(=NCC1CCN(C2CC2)C1)NCC1CCCN(C)C1c1cccs1. The van der Waals surface area contributed by atoms with Crippen LogP contribution >= 0.6 is 11.3 Å². The average molecular weight is 404 g/mol. The smallest absolute Gasteiger partial charge is 0.191 e. The molecule has 2 saturated heterocycles. The number of guanidine groups is 1. The molecule has 3 fully saturated rings. The Kier molecular flexibility index (Phi) is 6.91. The molecule has 1 aliphatic carbocycles. The van der Waals surface area contributed by atoms with Crippen molar-refractivity contribution >= 4 is 17.3 Å². The van der Waals surface area contributed by atoms with Gasteiger partial charge in [0.25, 0.3) is 0 Å². The van der Waals surface area contributed by atoms with Gasteiger partial charge in [-0.3, -0.25) is 9.89 Å². The number of piperidine rings is 1. The van der Waals surface area contributed by atoms with Crippen LogP contribution in [0.3, 0.4) is 0 Å². The van der Waals surface area contributed by atoms with Gasteiger partial charge in [-0.1, -0.05) is 6.07 Å². The Balaban J connectivity index is 1.32. The van der Waals surface area contributed by atoms with Gasteiger partial charge in [0, 0.05) is 43.1 Å². The van der Waals surface area contributed by atoms with E-state index in [1.54, 1.807) is 0 Å². The van der Waals surface area contributed by atoms with E-state index in [-0.39, 0.29) is 0 Å². The van der Waals surface area contributed by atoms with E-state index in [0.717, 1.165) is 37.6 Å². The lowest BCUT2D eigenvalue weighted by Crippen LogP contribution is -2.45. The van der Waals surface area contributed by atoms with Gasteiger partial charge in [0.15, 0.2) is 5.96 Å². The van der Waals surface area contributed by atoms with E-state index in [4.69, 9.17) is 4.99 Å². The number of hydrogen-bond acceptors (Lipinski definition) is 4. The first-order chi connectivity index (χ1) is 13.7. The predicted octanol–water partition coefficient (Wildman–Crippen LogP) is 3.17. The second-order valence-corrected chi connectivity index (χ2v) is 9.80. The molecule has 0 spiro atoms. The molecule has 28 heavy (non-hydrogen) atoms. The van der Waals surface area contributed by atoms with E-state index >= 15 is 0 Å². The van der Waals surface area contributed by atoms with Crippen molar-refractivity contribution in [2.75, 3.05) is 46.3 Å². The lowest BCUT2D eigenvalue weighted by Gasteiger charge is -2.39. The number of nitrogens with zero attached hydrogens (tertiary/aromatic N) is 3. The summed E-state index contributed by atoms with van der Waals surface area (Å²) in [5, 5.41) is 9.35. The van der Waals surface area contributed by atoms with E-state index in [1.165, 1.54) is 56.6 Å². The van der Waals surface area contributed by atoms with E-state index in [9.17, 15) is 0 Å². The first-order valence-electron chi connectivity index (χ1n) is 11.2. The second-order valence-electron chi connectivity index (χ2n) is 8.82. The van der Waals surface area contributed by atoms with E-state index < -0.39 is 0 Å². The third kappa shape index (κ3) is 5.08. The molecular weight excluding hydrogens is 366 g/mol. The first-order valence-corrected chi connectivity index (χ1v) is 12.1. The molecule has 3 aliphatic rings. The van der Waals surface area contributed by atoms with Crippen LogP contribution in [0, 0.1) is 11.8 Å². The van der Waals surface area contributed by atoms with E-state index in [2.05, 4.69) is 51.9 Å². The summed E-state index contributed by atoms with van der Waals surface area (Å²) in [5.41, 5.74) is 0. The van der Waals surface area contributed by atoms with Gasteiger partial charge in [-0.05, 0) is 82.4 Å². The topological polar surface area (TPSA) is 42.9 Å². The fourth-order valence-electron chi connectivity index (χ4n) is 4.96. The Labute approximate surface area is 174 Å². The summed E-state index contributed by atoms with van der Waals surface area (Å²) in [6, 6.07) is 5.92. The van der Waals surface area contributed by atoms with Crippen LogP contribution < -0.4 is 10.6 Å². The van der Waals surface area contributed by atoms with Crippen LogP contribution in [0.15, 0.2) is 22.5 Å². The Hall–Kier alpha value is -1.11. The van der Waals surface area contributed by atoms with Crippen LogP contribution in [0.5, 0.6) is 0 Å². The minimum absolute atomic E-state index is 0.533. The molecule has 5 nitrogen and oxygen atoms in total. The van der Waals surface area contributed by atoms with E-state index in [0.29, 0.717) is 12.0 Å². The van der Waals surface area contributed by atoms with Gasteiger partial charge in [0.2, 0.25) is 0 Å². The third-order valence-electron chi connectivity index (χ3n) is 6.61. The molecule has 2 N–H and O–H groups in total. The molecule has 0 amide bonds. The molecule has 1 aromatic rings. The molecule has 0 radical (unpaired) electrons. The summed E-state index contributed by atoms with van der Waals surface area (Å²) in [5.74, 6) is 2.37. The summed E-state index contributed by atoms with van der Waals surface area (Å²) < 4.78 is 0. The van der Waals surface area contributed by atoms with Gasteiger partial charge in [-0.15, -0.1) is 11.3 Å². The molecule has 1 saturated carbocycles. The van der Waals surface area contributed by atoms with Crippen molar-refractivity contribution in [2.45, 2.75) is 51.1 Å². The van der Waals surface area contributed by atoms with Crippen molar-refractivity contribution in [3.63, 3.8) is 0 Å². The summed E-state index contributed by atoms with van der Waals surface area (Å²) in [4.78, 5) is 11.7. The molecule has 0 aromatic carbocycles. The van der Waals surface area contributed by atoms with Crippen LogP contribution in [0.2, 0.25) is 0 Å². The van der Waals surface area contributed by atoms with Gasteiger partial charge in [0.1, 0.15) is 0 Å². The molecule has 1 aromatic heterocycles. The highest BCUT2D eigenvalue weighted by atomic mass is 32.1. The Bertz CT molecular complexity index is 627. The van der Waals surface area contributed by atoms with Crippen molar-refractivity contribution < 1.29 is 0 Å². The van der Waals surface area contributed by atoms with Crippen LogP contribution in [-0.2, 0) is 0 Å². The molecule has 3 atom stereocenters. The third-order valence-corrected chi connectivity index (χ3v) is 7.55. The molecular formula is C22H37N5S. The van der Waals surface area contributed by atoms with Crippen molar-refractivity contribution in [3.05, 3.63) is 22.4 Å². The molecule has 156 valence electrons. The molecule has 0 bridgehead atoms. The quantitative estimate of drug-likeness (QED) is 0.542. The first kappa shape index (κ1) is 20.2. The summed E-state index contributed by atoms with van der Waals surface area (Å²) in [6.45, 7) is 8.77. The fraction of sp³-hybridized carbons (Fsp3) is 0.773. The lowest BCUT2D eigenvalue weighted by molar-refractivity contribution is 0.125. The minimum Gasteiger partial charge on any atom is -0.357 e. The monoisotopic (exact) mass is 403 g/mol. The number of nitrogens with one attached hydrogen (secondary N) is 2. The highest BCUT2D eigenvalue weighted by Crippen LogP contribution is 2.36. The second kappa shape index (κ2) is 9.59. The van der Waals surface area contributed by atoms with Crippen LogP contribution in [0.1, 0.15) is 49.9 Å². The van der Waals surface area contributed by atoms with E-state index in [1.807, 2.05) is 11.3 Å². The van der Waals surface area contributed by atoms with Crippen molar-refractivity contribution in [1.82, 2.24) is 20.4 Å². The summed E-state index contributed by atoms with van der Waals surface area (Å²) >= 11 is 1.90. The molecule has 6 heteroatoms. The predicted molar refractivity (Wildman–Crippen MR) is 119 cm³/mol. The largest absolute Gasteiger partial charge is 0.357 e. The van der Waals surface area contributed by atoms with Gasteiger partial charge < -0.3 is 15.5 Å². The zero-order chi connectivity index (χ0) is 19.3. The highest BCUT2D eigenvalue weighted by molar-refractivity contribution is 7.10. The number of likely N-dealkylation sites (tertiary alicyclic amines) is 2. The summed E-state index contributed by atoms with van der Waals surface area (Å²) in [6.07, 6.45) is 6.73. The number of thiophene rings is 1. The fourth-order valence-corrected chi connectivity index (χ4v) is 5.94.